The first-order valence-corrected chi connectivity index (χ1v) is 10.0. The molecule has 1 fully saturated rings. The molecule has 1 saturated heterocycles. The second-order valence-corrected chi connectivity index (χ2v) is 8.02. The summed E-state index contributed by atoms with van der Waals surface area (Å²) in [5, 5.41) is 3.37. The highest BCUT2D eigenvalue weighted by atomic mass is 35.5. The maximum absolute atomic E-state index is 12.6. The van der Waals surface area contributed by atoms with Gasteiger partial charge in [0.2, 0.25) is 5.91 Å². The number of rotatable bonds is 6. The van der Waals surface area contributed by atoms with Gasteiger partial charge in [0.15, 0.2) is 0 Å². The molecule has 0 bridgehead atoms. The van der Waals surface area contributed by atoms with Gasteiger partial charge in [-0.25, -0.2) is 0 Å². The number of hydrogen-bond acceptors (Lipinski definition) is 5. The monoisotopic (exact) mass is 432 g/mol. The van der Waals surface area contributed by atoms with Crippen molar-refractivity contribution >= 4 is 63.5 Å². The third-order valence-corrected chi connectivity index (χ3v) is 5.61. The molecular formula is C20H17ClN2O3S2. The Morgan fingerprint density at radius 2 is 1.89 bits per heavy atom. The van der Waals surface area contributed by atoms with Crippen LogP contribution in [-0.4, -0.2) is 34.7 Å². The van der Waals surface area contributed by atoms with Gasteiger partial charge in [-0.3, -0.25) is 14.5 Å². The molecule has 0 aromatic heterocycles. The first-order valence-electron chi connectivity index (χ1n) is 8.41. The standard InChI is InChI=1S/C20H17ClN2O3S2/c1-26-16-8-2-13(3-9-16)12-17-19(25)23(20(27)28-17)11-10-18(24)22-15-6-4-14(21)5-7-15/h2-9,12H,10-11H2,1H3,(H,22,24)/b17-12-. The highest BCUT2D eigenvalue weighted by Gasteiger charge is 2.32. The van der Waals surface area contributed by atoms with Crippen LogP contribution >= 0.6 is 35.6 Å². The van der Waals surface area contributed by atoms with Crippen molar-refractivity contribution in [1.82, 2.24) is 4.90 Å². The maximum Gasteiger partial charge on any atom is 0.266 e. The van der Waals surface area contributed by atoms with Crippen molar-refractivity contribution in [2.75, 3.05) is 19.0 Å². The minimum Gasteiger partial charge on any atom is -0.497 e. The first-order chi connectivity index (χ1) is 13.5. The van der Waals surface area contributed by atoms with Crippen molar-refractivity contribution in [3.63, 3.8) is 0 Å². The van der Waals surface area contributed by atoms with Gasteiger partial charge in [0.05, 0.1) is 12.0 Å². The van der Waals surface area contributed by atoms with Gasteiger partial charge in [-0.1, -0.05) is 47.7 Å². The molecule has 1 aliphatic heterocycles. The molecular weight excluding hydrogens is 416 g/mol. The highest BCUT2D eigenvalue weighted by molar-refractivity contribution is 8.26. The molecule has 5 nitrogen and oxygen atoms in total. The van der Waals surface area contributed by atoms with Crippen LogP contribution in [0.2, 0.25) is 5.02 Å². The third kappa shape index (κ3) is 5.13. The Labute approximate surface area is 177 Å². The SMILES string of the molecule is COc1ccc(/C=C2\SC(=S)N(CCC(=O)Nc3ccc(Cl)cc3)C2=O)cc1. The number of benzene rings is 2. The molecule has 8 heteroatoms. The topological polar surface area (TPSA) is 58.6 Å². The minimum absolute atomic E-state index is 0.144. The highest BCUT2D eigenvalue weighted by Crippen LogP contribution is 2.32. The van der Waals surface area contributed by atoms with Gasteiger partial charge in [0, 0.05) is 23.7 Å². The number of anilines is 1. The number of thiocarbonyl (C=S) groups is 1. The summed E-state index contributed by atoms with van der Waals surface area (Å²) in [7, 11) is 1.60. The Bertz CT molecular complexity index is 927. The Balaban J connectivity index is 1.59. The molecule has 1 N–H and O–H groups in total. The molecule has 1 aliphatic rings. The molecule has 1 heterocycles. The molecule has 0 atom stereocenters. The van der Waals surface area contributed by atoms with Crippen LogP contribution in [0.25, 0.3) is 6.08 Å². The normalized spacial score (nSPS) is 15.2. The van der Waals surface area contributed by atoms with Crippen molar-refractivity contribution in [3.05, 3.63) is 64.0 Å². The summed E-state index contributed by atoms with van der Waals surface area (Å²) < 4.78 is 5.58. The van der Waals surface area contributed by atoms with E-state index in [9.17, 15) is 9.59 Å². The number of ether oxygens (including phenoxy) is 1. The van der Waals surface area contributed by atoms with E-state index < -0.39 is 0 Å². The van der Waals surface area contributed by atoms with Crippen LogP contribution in [0.3, 0.4) is 0 Å². The van der Waals surface area contributed by atoms with Gasteiger partial charge in [-0.05, 0) is 48.0 Å². The number of amides is 2. The lowest BCUT2D eigenvalue weighted by molar-refractivity contribution is -0.122. The molecule has 28 heavy (non-hydrogen) atoms. The van der Waals surface area contributed by atoms with Crippen LogP contribution in [0, 0.1) is 0 Å². The molecule has 0 radical (unpaired) electrons. The van der Waals surface area contributed by atoms with E-state index in [1.807, 2.05) is 24.3 Å². The quantitative estimate of drug-likeness (QED) is 0.535. The smallest absolute Gasteiger partial charge is 0.266 e. The summed E-state index contributed by atoms with van der Waals surface area (Å²) in [5.74, 6) is 0.358. The van der Waals surface area contributed by atoms with E-state index in [0.29, 0.717) is 19.9 Å². The zero-order valence-corrected chi connectivity index (χ0v) is 17.4. The van der Waals surface area contributed by atoms with E-state index in [1.54, 1.807) is 37.5 Å². The van der Waals surface area contributed by atoms with E-state index in [4.69, 9.17) is 28.6 Å². The summed E-state index contributed by atoms with van der Waals surface area (Å²) >= 11 is 12.4. The van der Waals surface area contributed by atoms with Crippen LogP contribution in [0.4, 0.5) is 5.69 Å². The van der Waals surface area contributed by atoms with Crippen molar-refractivity contribution in [3.8, 4) is 5.75 Å². The molecule has 0 unspecified atom stereocenters. The van der Waals surface area contributed by atoms with Crippen LogP contribution in [0.15, 0.2) is 53.4 Å². The number of methoxy groups -OCH3 is 1. The fraction of sp³-hybridized carbons (Fsp3) is 0.150. The predicted molar refractivity (Wildman–Crippen MR) is 118 cm³/mol. The summed E-state index contributed by atoms with van der Waals surface area (Å²) in [4.78, 5) is 26.8. The van der Waals surface area contributed by atoms with Crippen molar-refractivity contribution in [1.29, 1.82) is 0 Å². The maximum atomic E-state index is 12.6. The second kappa shape index (κ2) is 9.23. The van der Waals surface area contributed by atoms with Gasteiger partial charge in [-0.2, -0.15) is 0 Å². The van der Waals surface area contributed by atoms with Crippen molar-refractivity contribution in [2.24, 2.45) is 0 Å². The lowest BCUT2D eigenvalue weighted by Gasteiger charge is -2.14. The Hall–Kier alpha value is -2.35. The average Bonchev–Trinajstić information content (AvgIpc) is 2.95. The number of halogens is 1. The molecule has 2 aromatic carbocycles. The predicted octanol–water partition coefficient (Wildman–Crippen LogP) is 4.58. The van der Waals surface area contributed by atoms with Gasteiger partial charge < -0.3 is 10.1 Å². The molecule has 0 aliphatic carbocycles. The van der Waals surface area contributed by atoms with Crippen molar-refractivity contribution < 1.29 is 14.3 Å². The minimum atomic E-state index is -0.199. The van der Waals surface area contributed by atoms with Crippen LogP contribution in [-0.2, 0) is 9.59 Å². The zero-order valence-electron chi connectivity index (χ0n) is 15.0. The molecule has 0 spiro atoms. The summed E-state index contributed by atoms with van der Waals surface area (Å²) in [6.45, 7) is 0.226. The number of carbonyl (C=O) groups is 2. The second-order valence-electron chi connectivity index (χ2n) is 5.91. The summed E-state index contributed by atoms with van der Waals surface area (Å²) in [6.07, 6.45) is 1.93. The Morgan fingerprint density at radius 3 is 2.54 bits per heavy atom. The van der Waals surface area contributed by atoms with Gasteiger partial charge in [0.1, 0.15) is 10.1 Å². The van der Waals surface area contributed by atoms with E-state index in [1.165, 1.54) is 16.7 Å². The molecule has 2 amide bonds. The zero-order chi connectivity index (χ0) is 20.1. The van der Waals surface area contributed by atoms with E-state index in [0.717, 1.165) is 11.3 Å². The van der Waals surface area contributed by atoms with E-state index >= 15 is 0 Å². The number of thioether (sulfide) groups is 1. The lowest BCUT2D eigenvalue weighted by atomic mass is 10.2. The molecule has 3 rings (SSSR count). The third-order valence-electron chi connectivity index (χ3n) is 3.98. The molecule has 2 aromatic rings. The average molecular weight is 433 g/mol. The first kappa shape index (κ1) is 20.4. The number of nitrogens with zero attached hydrogens (tertiary/aromatic N) is 1. The van der Waals surface area contributed by atoms with Gasteiger partial charge >= 0.3 is 0 Å². The van der Waals surface area contributed by atoms with E-state index in [-0.39, 0.29) is 24.8 Å². The largest absolute Gasteiger partial charge is 0.497 e. The van der Waals surface area contributed by atoms with Gasteiger partial charge in [0.25, 0.3) is 5.91 Å². The van der Waals surface area contributed by atoms with Crippen molar-refractivity contribution in [2.45, 2.75) is 6.42 Å². The number of carbonyl (C=O) groups excluding carboxylic acids is 2. The lowest BCUT2D eigenvalue weighted by Crippen LogP contribution is -2.31. The Kier molecular flexibility index (Phi) is 6.72. The van der Waals surface area contributed by atoms with Gasteiger partial charge in [-0.15, -0.1) is 0 Å². The number of nitrogens with one attached hydrogen (secondary N) is 1. The fourth-order valence-corrected chi connectivity index (χ4v) is 3.95. The molecule has 144 valence electrons. The number of hydrogen-bond donors (Lipinski definition) is 1. The van der Waals surface area contributed by atoms with Crippen LogP contribution in [0.5, 0.6) is 5.75 Å². The molecule has 0 saturated carbocycles. The Morgan fingerprint density at radius 1 is 1.21 bits per heavy atom. The fourth-order valence-electron chi connectivity index (χ4n) is 2.51. The van der Waals surface area contributed by atoms with Crippen LogP contribution in [0.1, 0.15) is 12.0 Å². The van der Waals surface area contributed by atoms with Crippen LogP contribution < -0.4 is 10.1 Å². The van der Waals surface area contributed by atoms with E-state index in [2.05, 4.69) is 5.32 Å². The summed E-state index contributed by atoms with van der Waals surface area (Å²) in [5.41, 5.74) is 1.53. The summed E-state index contributed by atoms with van der Waals surface area (Å²) in [6, 6.07) is 14.2.